The van der Waals surface area contributed by atoms with E-state index in [0.29, 0.717) is 6.04 Å². The van der Waals surface area contributed by atoms with E-state index in [1.54, 1.807) is 11.5 Å². The van der Waals surface area contributed by atoms with E-state index in [0.717, 1.165) is 30.3 Å². The molecule has 1 unspecified atom stereocenters. The zero-order valence-corrected chi connectivity index (χ0v) is 8.97. The first kappa shape index (κ1) is 8.94. The number of aromatic nitrogens is 2. The molecule has 3 nitrogen and oxygen atoms in total. The SMILES string of the molecule is CCCc1nsc(N2CCC2C)n1. The normalized spacial score (nSPS) is 21.7. The fourth-order valence-electron chi connectivity index (χ4n) is 1.49. The van der Waals surface area contributed by atoms with E-state index in [9.17, 15) is 0 Å². The van der Waals surface area contributed by atoms with Gasteiger partial charge in [-0.1, -0.05) is 6.92 Å². The minimum absolute atomic E-state index is 0.669. The van der Waals surface area contributed by atoms with Crippen LogP contribution < -0.4 is 4.90 Å². The molecule has 0 bridgehead atoms. The zero-order valence-electron chi connectivity index (χ0n) is 8.16. The predicted molar refractivity (Wildman–Crippen MR) is 55.3 cm³/mol. The van der Waals surface area contributed by atoms with Crippen molar-refractivity contribution >= 4 is 16.7 Å². The quantitative estimate of drug-likeness (QED) is 0.743. The molecular formula is C9H15N3S. The summed E-state index contributed by atoms with van der Waals surface area (Å²) in [5.74, 6) is 1.02. The predicted octanol–water partition coefficient (Wildman–Crippen LogP) is 2.09. The highest BCUT2D eigenvalue weighted by Gasteiger charge is 2.26. The Bertz CT molecular complexity index is 284. The van der Waals surface area contributed by atoms with Gasteiger partial charge in [0.2, 0.25) is 5.13 Å². The molecule has 1 aliphatic rings. The van der Waals surface area contributed by atoms with Crippen molar-refractivity contribution in [2.75, 3.05) is 11.4 Å². The van der Waals surface area contributed by atoms with Crippen molar-refractivity contribution in [2.45, 2.75) is 39.2 Å². The first-order valence-corrected chi connectivity index (χ1v) is 5.68. The maximum absolute atomic E-state index is 4.51. The summed E-state index contributed by atoms with van der Waals surface area (Å²) in [7, 11) is 0. The van der Waals surface area contributed by atoms with Crippen molar-refractivity contribution in [1.29, 1.82) is 0 Å². The highest BCUT2D eigenvalue weighted by Crippen LogP contribution is 2.27. The molecule has 2 rings (SSSR count). The van der Waals surface area contributed by atoms with Gasteiger partial charge in [-0.25, -0.2) is 4.98 Å². The lowest BCUT2D eigenvalue weighted by atomic mass is 10.1. The Morgan fingerprint density at radius 1 is 1.62 bits per heavy atom. The van der Waals surface area contributed by atoms with E-state index in [1.807, 2.05) is 0 Å². The molecule has 2 heterocycles. The molecule has 13 heavy (non-hydrogen) atoms. The van der Waals surface area contributed by atoms with Crippen LogP contribution in [0.15, 0.2) is 0 Å². The molecule has 1 aliphatic heterocycles. The second kappa shape index (κ2) is 3.62. The average molecular weight is 197 g/mol. The van der Waals surface area contributed by atoms with Gasteiger partial charge in [0.05, 0.1) is 0 Å². The first-order chi connectivity index (χ1) is 6.31. The molecule has 1 aromatic heterocycles. The Morgan fingerprint density at radius 2 is 2.46 bits per heavy atom. The maximum Gasteiger partial charge on any atom is 0.205 e. The van der Waals surface area contributed by atoms with Crippen molar-refractivity contribution in [3.05, 3.63) is 5.82 Å². The molecule has 1 fully saturated rings. The Hall–Kier alpha value is -0.640. The molecule has 1 aromatic rings. The fraction of sp³-hybridized carbons (Fsp3) is 0.778. The van der Waals surface area contributed by atoms with Crippen LogP contribution in [0.1, 0.15) is 32.5 Å². The van der Waals surface area contributed by atoms with E-state index < -0.39 is 0 Å². The number of anilines is 1. The Balaban J connectivity index is 2.04. The standard InChI is InChI=1S/C9H15N3S/c1-3-4-8-10-9(13-11-8)12-6-5-7(12)2/h7H,3-6H2,1-2H3. The molecule has 1 atom stereocenters. The molecule has 0 spiro atoms. The summed E-state index contributed by atoms with van der Waals surface area (Å²) < 4.78 is 4.33. The molecule has 72 valence electrons. The van der Waals surface area contributed by atoms with E-state index in [1.165, 1.54) is 6.42 Å². The summed E-state index contributed by atoms with van der Waals surface area (Å²) in [6.45, 7) is 5.55. The molecule has 0 radical (unpaired) electrons. The van der Waals surface area contributed by atoms with Crippen LogP contribution in [0.4, 0.5) is 5.13 Å². The molecule has 0 N–H and O–H groups in total. The number of rotatable bonds is 3. The summed E-state index contributed by atoms with van der Waals surface area (Å²) in [6.07, 6.45) is 3.44. The minimum atomic E-state index is 0.669. The average Bonchev–Trinajstić information content (AvgIpc) is 2.51. The molecule has 0 aromatic carbocycles. The van der Waals surface area contributed by atoms with Crippen molar-refractivity contribution in [2.24, 2.45) is 0 Å². The maximum atomic E-state index is 4.51. The Morgan fingerprint density at radius 3 is 3.00 bits per heavy atom. The molecular weight excluding hydrogens is 182 g/mol. The van der Waals surface area contributed by atoms with Gasteiger partial charge in [0.25, 0.3) is 0 Å². The van der Waals surface area contributed by atoms with Gasteiger partial charge in [-0.3, -0.25) is 0 Å². The Kier molecular flexibility index (Phi) is 2.49. The number of nitrogens with zero attached hydrogens (tertiary/aromatic N) is 3. The molecule has 4 heteroatoms. The molecule has 1 saturated heterocycles. The van der Waals surface area contributed by atoms with Gasteiger partial charge in [0.1, 0.15) is 5.82 Å². The second-order valence-electron chi connectivity index (χ2n) is 3.57. The third kappa shape index (κ3) is 1.68. The highest BCUT2D eigenvalue weighted by molar-refractivity contribution is 7.09. The van der Waals surface area contributed by atoms with Crippen LogP contribution in [-0.4, -0.2) is 21.9 Å². The van der Waals surface area contributed by atoms with E-state index in [2.05, 4.69) is 28.1 Å². The lowest BCUT2D eigenvalue weighted by Crippen LogP contribution is -2.45. The van der Waals surface area contributed by atoms with Gasteiger partial charge in [-0.05, 0) is 19.8 Å². The number of hydrogen-bond donors (Lipinski definition) is 0. The summed E-state index contributed by atoms with van der Waals surface area (Å²) >= 11 is 1.54. The largest absolute Gasteiger partial charge is 0.344 e. The van der Waals surface area contributed by atoms with Crippen molar-refractivity contribution in [3.8, 4) is 0 Å². The van der Waals surface area contributed by atoms with Crippen molar-refractivity contribution in [3.63, 3.8) is 0 Å². The van der Waals surface area contributed by atoms with E-state index in [4.69, 9.17) is 0 Å². The zero-order chi connectivity index (χ0) is 9.26. The molecule has 0 amide bonds. The van der Waals surface area contributed by atoms with Gasteiger partial charge >= 0.3 is 0 Å². The summed E-state index contributed by atoms with van der Waals surface area (Å²) in [5.41, 5.74) is 0. The van der Waals surface area contributed by atoms with Crippen LogP contribution in [-0.2, 0) is 6.42 Å². The topological polar surface area (TPSA) is 29.0 Å². The van der Waals surface area contributed by atoms with Gasteiger partial charge in [-0.15, -0.1) is 0 Å². The van der Waals surface area contributed by atoms with Crippen LogP contribution in [0.3, 0.4) is 0 Å². The van der Waals surface area contributed by atoms with E-state index >= 15 is 0 Å². The van der Waals surface area contributed by atoms with Crippen molar-refractivity contribution in [1.82, 2.24) is 9.36 Å². The summed E-state index contributed by atoms with van der Waals surface area (Å²) in [4.78, 5) is 6.84. The lowest BCUT2D eigenvalue weighted by molar-refractivity contribution is 0.480. The van der Waals surface area contributed by atoms with Crippen LogP contribution >= 0.6 is 11.5 Å². The summed E-state index contributed by atoms with van der Waals surface area (Å²) in [6, 6.07) is 0.669. The lowest BCUT2D eigenvalue weighted by Gasteiger charge is -2.38. The third-order valence-corrected chi connectivity index (χ3v) is 3.29. The number of aryl methyl sites for hydroxylation is 1. The van der Waals surface area contributed by atoms with Crippen LogP contribution in [0.2, 0.25) is 0 Å². The van der Waals surface area contributed by atoms with E-state index in [-0.39, 0.29) is 0 Å². The minimum Gasteiger partial charge on any atom is -0.344 e. The van der Waals surface area contributed by atoms with Gasteiger partial charge in [0, 0.05) is 30.5 Å². The van der Waals surface area contributed by atoms with Crippen LogP contribution in [0, 0.1) is 0 Å². The first-order valence-electron chi connectivity index (χ1n) is 4.90. The van der Waals surface area contributed by atoms with Crippen molar-refractivity contribution < 1.29 is 0 Å². The van der Waals surface area contributed by atoms with Crippen LogP contribution in [0.25, 0.3) is 0 Å². The number of hydrogen-bond acceptors (Lipinski definition) is 4. The van der Waals surface area contributed by atoms with Gasteiger partial charge in [0.15, 0.2) is 0 Å². The summed E-state index contributed by atoms with van der Waals surface area (Å²) in [5, 5.41) is 1.11. The monoisotopic (exact) mass is 197 g/mol. The van der Waals surface area contributed by atoms with Crippen LogP contribution in [0.5, 0.6) is 0 Å². The van der Waals surface area contributed by atoms with Gasteiger partial charge in [-0.2, -0.15) is 4.37 Å². The molecule has 0 saturated carbocycles. The van der Waals surface area contributed by atoms with Gasteiger partial charge < -0.3 is 4.90 Å². The highest BCUT2D eigenvalue weighted by atomic mass is 32.1. The smallest absolute Gasteiger partial charge is 0.205 e. The third-order valence-electron chi connectivity index (χ3n) is 2.50. The fourth-order valence-corrected chi connectivity index (χ4v) is 2.33. The second-order valence-corrected chi connectivity index (χ2v) is 4.30. The Labute approximate surface area is 83.0 Å². The molecule has 0 aliphatic carbocycles.